The molecule has 8 heteroatoms. The summed E-state index contributed by atoms with van der Waals surface area (Å²) in [6, 6.07) is 8.26. The van der Waals surface area contributed by atoms with Crippen LogP contribution in [0, 0.1) is 0 Å². The van der Waals surface area contributed by atoms with Crippen LogP contribution in [0.25, 0.3) is 0 Å². The smallest absolute Gasteiger partial charge is 0.243 e. The number of rotatable bonds is 4. The predicted molar refractivity (Wildman–Crippen MR) is 108 cm³/mol. The van der Waals surface area contributed by atoms with Crippen molar-refractivity contribution in [2.45, 2.75) is 30.7 Å². The SMILES string of the molecule is COc1ccc(S(=O)(=O)N2CCc3cc4c(cc3[C@@H]2C)OCCCO4)cc1OC. The number of methoxy groups -OCH3 is 2. The summed E-state index contributed by atoms with van der Waals surface area (Å²) in [4.78, 5) is 0.180. The van der Waals surface area contributed by atoms with Crippen molar-refractivity contribution in [3.63, 3.8) is 0 Å². The largest absolute Gasteiger partial charge is 0.493 e. The maximum atomic E-state index is 13.4. The first kappa shape index (κ1) is 19.8. The number of sulfonamides is 1. The van der Waals surface area contributed by atoms with Crippen molar-refractivity contribution < 1.29 is 27.4 Å². The summed E-state index contributed by atoms with van der Waals surface area (Å²) < 4.78 is 50.4. The Kier molecular flexibility index (Phi) is 5.31. The molecule has 2 aromatic carbocycles. The van der Waals surface area contributed by atoms with E-state index in [1.165, 1.54) is 24.6 Å². The van der Waals surface area contributed by atoms with Crippen LogP contribution in [0.5, 0.6) is 23.0 Å². The van der Waals surface area contributed by atoms with Crippen LogP contribution < -0.4 is 18.9 Å². The van der Waals surface area contributed by atoms with Gasteiger partial charge in [0.2, 0.25) is 10.0 Å². The molecule has 0 saturated carbocycles. The van der Waals surface area contributed by atoms with E-state index >= 15 is 0 Å². The number of hydrogen-bond donors (Lipinski definition) is 0. The van der Waals surface area contributed by atoms with Crippen LogP contribution in [0.1, 0.15) is 30.5 Å². The van der Waals surface area contributed by atoms with Crippen molar-refractivity contribution in [2.75, 3.05) is 34.0 Å². The van der Waals surface area contributed by atoms with Gasteiger partial charge >= 0.3 is 0 Å². The van der Waals surface area contributed by atoms with Gasteiger partial charge in [0.1, 0.15) is 0 Å². The third kappa shape index (κ3) is 3.51. The number of benzene rings is 2. The Hall–Kier alpha value is -2.45. The minimum absolute atomic E-state index is 0.180. The number of hydrogen-bond acceptors (Lipinski definition) is 6. The lowest BCUT2D eigenvalue weighted by Gasteiger charge is -2.34. The highest BCUT2D eigenvalue weighted by molar-refractivity contribution is 7.89. The predicted octanol–water partition coefficient (Wildman–Crippen LogP) is 3.17. The number of nitrogens with zero attached hydrogens (tertiary/aromatic N) is 1. The van der Waals surface area contributed by atoms with Crippen molar-refractivity contribution in [3.8, 4) is 23.0 Å². The summed E-state index contributed by atoms with van der Waals surface area (Å²) in [7, 11) is -0.708. The summed E-state index contributed by atoms with van der Waals surface area (Å²) in [6.07, 6.45) is 1.44. The van der Waals surface area contributed by atoms with Crippen LogP contribution in [0.3, 0.4) is 0 Å². The summed E-state index contributed by atoms with van der Waals surface area (Å²) >= 11 is 0. The van der Waals surface area contributed by atoms with Gasteiger partial charge in [-0.2, -0.15) is 4.31 Å². The van der Waals surface area contributed by atoms with Gasteiger partial charge in [0.25, 0.3) is 0 Å². The van der Waals surface area contributed by atoms with E-state index in [0.717, 1.165) is 23.3 Å². The fraction of sp³-hybridized carbons (Fsp3) is 0.429. The van der Waals surface area contributed by atoms with Crippen molar-refractivity contribution in [1.29, 1.82) is 0 Å². The topological polar surface area (TPSA) is 74.3 Å². The molecule has 2 aliphatic heterocycles. The maximum absolute atomic E-state index is 13.4. The Balaban J connectivity index is 1.69. The molecule has 1 atom stereocenters. The molecule has 4 rings (SSSR count). The lowest BCUT2D eigenvalue weighted by Crippen LogP contribution is -2.38. The Bertz CT molecular complexity index is 1020. The second-order valence-electron chi connectivity index (χ2n) is 7.11. The van der Waals surface area contributed by atoms with Crippen LogP contribution in [0.2, 0.25) is 0 Å². The molecule has 156 valence electrons. The van der Waals surface area contributed by atoms with Gasteiger partial charge in [0.05, 0.1) is 32.3 Å². The minimum atomic E-state index is -3.71. The summed E-state index contributed by atoms with van der Waals surface area (Å²) in [5, 5.41) is 0. The van der Waals surface area contributed by atoms with Crippen LogP contribution in [-0.2, 0) is 16.4 Å². The molecular formula is C21H25NO6S. The van der Waals surface area contributed by atoms with Crippen LogP contribution in [0.4, 0.5) is 0 Å². The molecule has 0 aliphatic carbocycles. The summed E-state index contributed by atoms with van der Waals surface area (Å²) in [6.45, 7) is 3.51. The molecule has 0 radical (unpaired) electrons. The van der Waals surface area contributed by atoms with Gasteiger partial charge in [0.15, 0.2) is 23.0 Å². The number of ether oxygens (including phenoxy) is 4. The minimum Gasteiger partial charge on any atom is -0.493 e. The summed E-state index contributed by atoms with van der Waals surface area (Å²) in [5.41, 5.74) is 2.05. The Morgan fingerprint density at radius 3 is 2.38 bits per heavy atom. The molecule has 7 nitrogen and oxygen atoms in total. The molecule has 29 heavy (non-hydrogen) atoms. The van der Waals surface area contributed by atoms with Crippen LogP contribution in [0.15, 0.2) is 35.2 Å². The molecule has 2 aromatic rings. The molecule has 0 N–H and O–H groups in total. The van der Waals surface area contributed by atoms with Gasteiger partial charge in [-0.05, 0) is 48.7 Å². The standard InChI is InChI=1S/C21H25NO6S/c1-14-17-13-21-20(27-9-4-10-28-21)11-15(17)7-8-22(14)29(23,24)16-5-6-18(25-2)19(12-16)26-3/h5-6,11-14H,4,7-10H2,1-3H3/t14-/m0/s1. The van der Waals surface area contributed by atoms with Gasteiger partial charge in [-0.3, -0.25) is 0 Å². The fourth-order valence-electron chi connectivity index (χ4n) is 3.89. The zero-order valence-electron chi connectivity index (χ0n) is 16.8. The summed E-state index contributed by atoms with van der Waals surface area (Å²) in [5.74, 6) is 2.29. The van der Waals surface area contributed by atoms with Crippen LogP contribution in [-0.4, -0.2) is 46.7 Å². The Labute approximate surface area is 171 Å². The average Bonchev–Trinajstić information content (AvgIpc) is 2.97. The van der Waals surface area contributed by atoms with Crippen molar-refractivity contribution in [2.24, 2.45) is 0 Å². The quantitative estimate of drug-likeness (QED) is 0.758. The maximum Gasteiger partial charge on any atom is 0.243 e. The van der Waals surface area contributed by atoms with E-state index in [1.54, 1.807) is 12.1 Å². The van der Waals surface area contributed by atoms with Gasteiger partial charge in [-0.15, -0.1) is 0 Å². The third-order valence-electron chi connectivity index (χ3n) is 5.45. The zero-order chi connectivity index (χ0) is 20.6. The van der Waals surface area contributed by atoms with Gasteiger partial charge < -0.3 is 18.9 Å². The van der Waals surface area contributed by atoms with E-state index in [-0.39, 0.29) is 10.9 Å². The van der Waals surface area contributed by atoms with Crippen LogP contribution >= 0.6 is 0 Å². The zero-order valence-corrected chi connectivity index (χ0v) is 17.6. The normalized spacial score (nSPS) is 19.2. The van der Waals surface area contributed by atoms with E-state index in [9.17, 15) is 8.42 Å². The van der Waals surface area contributed by atoms with Gasteiger partial charge in [-0.1, -0.05) is 0 Å². The lowest BCUT2D eigenvalue weighted by molar-refractivity contribution is 0.296. The van der Waals surface area contributed by atoms with Gasteiger partial charge in [-0.25, -0.2) is 8.42 Å². The molecule has 0 saturated heterocycles. The van der Waals surface area contributed by atoms with Crippen molar-refractivity contribution in [3.05, 3.63) is 41.5 Å². The molecule has 0 spiro atoms. The molecule has 0 aromatic heterocycles. The third-order valence-corrected chi connectivity index (χ3v) is 7.42. The average molecular weight is 419 g/mol. The van der Waals surface area contributed by atoms with E-state index in [1.807, 2.05) is 19.1 Å². The lowest BCUT2D eigenvalue weighted by atomic mass is 9.94. The van der Waals surface area contributed by atoms with E-state index in [4.69, 9.17) is 18.9 Å². The van der Waals surface area contributed by atoms with Crippen molar-refractivity contribution >= 4 is 10.0 Å². The Morgan fingerprint density at radius 2 is 1.69 bits per heavy atom. The highest BCUT2D eigenvalue weighted by atomic mass is 32.2. The fourth-order valence-corrected chi connectivity index (χ4v) is 5.52. The molecule has 2 aliphatic rings. The first-order valence-electron chi connectivity index (χ1n) is 9.62. The molecule has 0 bridgehead atoms. The van der Waals surface area contributed by atoms with E-state index < -0.39 is 10.0 Å². The second kappa shape index (κ2) is 7.76. The number of fused-ring (bicyclic) bond motifs is 2. The highest BCUT2D eigenvalue weighted by Crippen LogP contribution is 2.41. The van der Waals surface area contributed by atoms with Crippen molar-refractivity contribution in [1.82, 2.24) is 4.31 Å². The second-order valence-corrected chi connectivity index (χ2v) is 9.00. The molecule has 0 amide bonds. The Morgan fingerprint density at radius 1 is 1.00 bits per heavy atom. The highest BCUT2D eigenvalue weighted by Gasteiger charge is 2.35. The monoisotopic (exact) mass is 419 g/mol. The molecule has 0 unspecified atom stereocenters. The first-order chi connectivity index (χ1) is 14.0. The molecule has 2 heterocycles. The molecular weight excluding hydrogens is 394 g/mol. The van der Waals surface area contributed by atoms with E-state index in [0.29, 0.717) is 43.4 Å². The first-order valence-corrected chi connectivity index (χ1v) is 11.1. The van der Waals surface area contributed by atoms with Gasteiger partial charge in [0, 0.05) is 25.1 Å². The molecule has 0 fully saturated rings. The van der Waals surface area contributed by atoms with E-state index in [2.05, 4.69) is 0 Å².